The first-order chi connectivity index (χ1) is 14.0. The molecule has 1 N–H and O–H groups in total. The number of rotatable bonds is 6. The monoisotopic (exact) mass is 415 g/mol. The number of halogens is 1. The second kappa shape index (κ2) is 8.61. The number of nitrogens with zero attached hydrogens (tertiary/aromatic N) is 4. The topological polar surface area (TPSA) is 53.4 Å². The van der Waals surface area contributed by atoms with E-state index in [0.29, 0.717) is 11.4 Å². The zero-order chi connectivity index (χ0) is 20.4. The Hall–Kier alpha value is -2.29. The average Bonchev–Trinajstić information content (AvgIpc) is 3.28. The van der Waals surface area contributed by atoms with Crippen molar-refractivity contribution in [2.24, 2.45) is 0 Å². The molecule has 154 valence electrons. The van der Waals surface area contributed by atoms with Gasteiger partial charge in [-0.25, -0.2) is 9.07 Å². The van der Waals surface area contributed by atoms with Crippen molar-refractivity contribution in [3.05, 3.63) is 46.7 Å². The van der Waals surface area contributed by atoms with Crippen LogP contribution >= 0.6 is 11.3 Å². The van der Waals surface area contributed by atoms with E-state index in [-0.39, 0.29) is 11.7 Å². The van der Waals surface area contributed by atoms with Crippen molar-refractivity contribution >= 4 is 27.5 Å². The first-order valence-corrected chi connectivity index (χ1v) is 10.8. The molecule has 1 aliphatic heterocycles. The summed E-state index contributed by atoms with van der Waals surface area (Å²) < 4.78 is 15.0. The first-order valence-electron chi connectivity index (χ1n) is 9.95. The van der Waals surface area contributed by atoms with Crippen molar-refractivity contribution in [3.8, 4) is 5.69 Å². The number of carbonyl (C=O) groups excluding carboxylic acids is 1. The van der Waals surface area contributed by atoms with Crippen LogP contribution in [0.1, 0.15) is 21.8 Å². The normalized spacial score (nSPS) is 15.8. The molecule has 6 nitrogen and oxygen atoms in total. The van der Waals surface area contributed by atoms with Gasteiger partial charge in [0.15, 0.2) is 0 Å². The molecular weight excluding hydrogens is 389 g/mol. The third-order valence-corrected chi connectivity index (χ3v) is 6.48. The summed E-state index contributed by atoms with van der Waals surface area (Å²) in [5, 5.41) is 8.55. The number of carbonyl (C=O) groups is 1. The van der Waals surface area contributed by atoms with E-state index in [1.54, 1.807) is 16.8 Å². The number of amides is 1. The minimum Gasteiger partial charge on any atom is -0.351 e. The zero-order valence-electron chi connectivity index (χ0n) is 16.8. The van der Waals surface area contributed by atoms with Gasteiger partial charge in [0.05, 0.1) is 16.3 Å². The van der Waals surface area contributed by atoms with Crippen LogP contribution in [0, 0.1) is 12.7 Å². The molecule has 8 heteroatoms. The number of hydrogen-bond acceptors (Lipinski definition) is 5. The third-order valence-electron chi connectivity index (χ3n) is 5.37. The van der Waals surface area contributed by atoms with Crippen LogP contribution in [-0.4, -0.2) is 71.8 Å². The minimum absolute atomic E-state index is 0.0466. The molecule has 0 saturated carbocycles. The highest BCUT2D eigenvalue weighted by atomic mass is 32.1. The zero-order valence-corrected chi connectivity index (χ0v) is 17.6. The second-order valence-electron chi connectivity index (χ2n) is 7.56. The fourth-order valence-electron chi connectivity index (χ4n) is 3.58. The molecule has 0 radical (unpaired) electrons. The number of fused-ring (bicyclic) bond motifs is 1. The maximum Gasteiger partial charge on any atom is 0.261 e. The van der Waals surface area contributed by atoms with Gasteiger partial charge < -0.3 is 15.1 Å². The van der Waals surface area contributed by atoms with Crippen molar-refractivity contribution in [1.29, 1.82) is 0 Å². The molecule has 3 heterocycles. The molecule has 0 aliphatic carbocycles. The molecule has 1 aromatic carbocycles. The smallest absolute Gasteiger partial charge is 0.261 e. The lowest BCUT2D eigenvalue weighted by atomic mass is 10.3. The molecule has 2 aromatic heterocycles. The van der Waals surface area contributed by atoms with Crippen LogP contribution in [0.3, 0.4) is 0 Å². The van der Waals surface area contributed by atoms with Gasteiger partial charge in [-0.3, -0.25) is 4.79 Å². The van der Waals surface area contributed by atoms with E-state index in [1.165, 1.54) is 23.5 Å². The number of benzene rings is 1. The molecule has 0 unspecified atom stereocenters. The van der Waals surface area contributed by atoms with E-state index < -0.39 is 0 Å². The minimum atomic E-state index is -0.281. The van der Waals surface area contributed by atoms with Gasteiger partial charge in [-0.2, -0.15) is 5.10 Å². The van der Waals surface area contributed by atoms with Gasteiger partial charge in [-0.15, -0.1) is 11.3 Å². The van der Waals surface area contributed by atoms with Crippen molar-refractivity contribution in [3.63, 3.8) is 0 Å². The number of aryl methyl sites for hydroxylation is 1. The summed E-state index contributed by atoms with van der Waals surface area (Å²) in [7, 11) is 2.15. The number of hydrogen-bond donors (Lipinski definition) is 1. The number of likely N-dealkylation sites (N-methyl/N-ethyl adjacent to an activating group) is 1. The lowest BCUT2D eigenvalue weighted by molar-refractivity contribution is 0.0953. The molecule has 1 amide bonds. The van der Waals surface area contributed by atoms with Gasteiger partial charge in [0.25, 0.3) is 5.91 Å². The number of piperazine rings is 1. The maximum atomic E-state index is 13.2. The summed E-state index contributed by atoms with van der Waals surface area (Å²) in [6.45, 7) is 8.02. The van der Waals surface area contributed by atoms with Gasteiger partial charge in [0.2, 0.25) is 0 Å². The Balaban J connectivity index is 1.38. The fraction of sp³-hybridized carbons (Fsp3) is 0.429. The summed E-state index contributed by atoms with van der Waals surface area (Å²) >= 11 is 1.42. The second-order valence-corrected chi connectivity index (χ2v) is 8.59. The summed E-state index contributed by atoms with van der Waals surface area (Å²) in [6.07, 6.45) is 0.947. The lowest BCUT2D eigenvalue weighted by Gasteiger charge is -2.32. The summed E-state index contributed by atoms with van der Waals surface area (Å²) in [6, 6.07) is 8.12. The summed E-state index contributed by atoms with van der Waals surface area (Å²) in [5.74, 6) is -0.327. The van der Waals surface area contributed by atoms with Gasteiger partial charge in [-0.1, -0.05) is 0 Å². The largest absolute Gasteiger partial charge is 0.351 e. The Morgan fingerprint density at radius 1 is 1.21 bits per heavy atom. The van der Waals surface area contributed by atoms with Gasteiger partial charge in [0.1, 0.15) is 10.6 Å². The average molecular weight is 416 g/mol. The van der Waals surface area contributed by atoms with Crippen LogP contribution in [0.15, 0.2) is 30.3 Å². The molecule has 0 spiro atoms. The molecule has 0 atom stereocenters. The first kappa shape index (κ1) is 20.0. The number of aromatic nitrogens is 2. The van der Waals surface area contributed by atoms with Gasteiger partial charge in [-0.05, 0) is 57.3 Å². The predicted molar refractivity (Wildman–Crippen MR) is 115 cm³/mol. The number of nitrogens with one attached hydrogen (secondary N) is 1. The Bertz CT molecular complexity index is 989. The molecule has 1 saturated heterocycles. The molecule has 1 fully saturated rings. The van der Waals surface area contributed by atoms with Gasteiger partial charge in [0, 0.05) is 38.1 Å². The van der Waals surface area contributed by atoms with E-state index in [2.05, 4.69) is 27.3 Å². The van der Waals surface area contributed by atoms with Crippen molar-refractivity contribution in [1.82, 2.24) is 24.9 Å². The molecule has 0 bridgehead atoms. The Morgan fingerprint density at radius 3 is 2.66 bits per heavy atom. The fourth-order valence-corrected chi connectivity index (χ4v) is 4.68. The van der Waals surface area contributed by atoms with E-state index in [9.17, 15) is 9.18 Å². The standard InChI is InChI=1S/C21H26FN5OS/c1-15-18-14-19(20(28)23-8-3-9-26-12-10-25(2)11-13-26)29-21(18)27(24-15)17-6-4-16(22)5-7-17/h4-7,14H,3,8-13H2,1-2H3,(H,23,28). The van der Waals surface area contributed by atoms with Gasteiger partial charge >= 0.3 is 0 Å². The van der Waals surface area contributed by atoms with E-state index in [4.69, 9.17) is 0 Å². The van der Waals surface area contributed by atoms with Crippen molar-refractivity contribution < 1.29 is 9.18 Å². The third kappa shape index (κ3) is 4.49. The number of thiophene rings is 1. The maximum absolute atomic E-state index is 13.2. The Kier molecular flexibility index (Phi) is 5.94. The van der Waals surface area contributed by atoms with Crippen molar-refractivity contribution in [2.45, 2.75) is 13.3 Å². The highest BCUT2D eigenvalue weighted by molar-refractivity contribution is 7.20. The van der Waals surface area contributed by atoms with E-state index in [0.717, 1.165) is 60.7 Å². The molecule has 1 aliphatic rings. The lowest BCUT2D eigenvalue weighted by Crippen LogP contribution is -2.45. The van der Waals surface area contributed by atoms with Crippen LogP contribution in [-0.2, 0) is 0 Å². The molecular formula is C21H26FN5OS. The summed E-state index contributed by atoms with van der Waals surface area (Å²) in [5.41, 5.74) is 1.64. The van der Waals surface area contributed by atoms with E-state index >= 15 is 0 Å². The van der Waals surface area contributed by atoms with Crippen LogP contribution in [0.5, 0.6) is 0 Å². The summed E-state index contributed by atoms with van der Waals surface area (Å²) in [4.78, 5) is 19.0. The van der Waals surface area contributed by atoms with Crippen LogP contribution in [0.4, 0.5) is 4.39 Å². The molecule has 4 rings (SSSR count). The van der Waals surface area contributed by atoms with Crippen LogP contribution < -0.4 is 5.32 Å². The highest BCUT2D eigenvalue weighted by Gasteiger charge is 2.17. The Morgan fingerprint density at radius 2 is 1.93 bits per heavy atom. The Labute approximate surface area is 173 Å². The molecule has 29 heavy (non-hydrogen) atoms. The SMILES string of the molecule is Cc1nn(-c2ccc(F)cc2)c2sc(C(=O)NCCCN3CCN(C)CC3)cc12. The van der Waals surface area contributed by atoms with Crippen LogP contribution in [0.2, 0.25) is 0 Å². The van der Waals surface area contributed by atoms with Crippen molar-refractivity contribution in [2.75, 3.05) is 46.3 Å². The quantitative estimate of drug-likeness (QED) is 0.629. The van der Waals surface area contributed by atoms with E-state index in [1.807, 2.05) is 13.0 Å². The molecule has 3 aromatic rings. The van der Waals surface area contributed by atoms with Crippen LogP contribution in [0.25, 0.3) is 15.9 Å². The highest BCUT2D eigenvalue weighted by Crippen LogP contribution is 2.30. The predicted octanol–water partition coefficient (Wildman–Crippen LogP) is 2.90.